The number of hydrogen-bond donors (Lipinski definition) is 1. The topological polar surface area (TPSA) is 46.5 Å². The lowest BCUT2D eigenvalue weighted by Crippen LogP contribution is -1.98. The molecule has 0 aliphatic carbocycles. The van der Waals surface area contributed by atoms with Gasteiger partial charge >= 0.3 is 0 Å². The molecule has 2 aromatic carbocycles. The molecule has 1 aliphatic rings. The molecular weight excluding hydrogens is 228 g/mol. The molecule has 0 radical (unpaired) electrons. The van der Waals surface area contributed by atoms with Gasteiger partial charge < -0.3 is 9.84 Å². The fourth-order valence-electron chi connectivity index (χ4n) is 1.92. The molecule has 0 saturated heterocycles. The van der Waals surface area contributed by atoms with Crippen molar-refractivity contribution < 1.29 is 14.6 Å². The largest absolute Gasteiger partial charge is 0.507 e. The summed E-state index contributed by atoms with van der Waals surface area (Å²) in [5, 5.41) is 9.66. The van der Waals surface area contributed by atoms with Gasteiger partial charge in [0.15, 0.2) is 5.76 Å². The SMILES string of the molecule is O=C1/C(=C/c2ccccc2)Oc2cccc(O)c21. The Labute approximate surface area is 104 Å². The molecule has 1 heterocycles. The Morgan fingerprint density at radius 1 is 1.00 bits per heavy atom. The monoisotopic (exact) mass is 238 g/mol. The van der Waals surface area contributed by atoms with Gasteiger partial charge in [0.25, 0.3) is 0 Å². The average Bonchev–Trinajstić information content (AvgIpc) is 2.69. The van der Waals surface area contributed by atoms with Crippen LogP contribution in [0.1, 0.15) is 15.9 Å². The minimum Gasteiger partial charge on any atom is -0.507 e. The van der Waals surface area contributed by atoms with Crippen molar-refractivity contribution in [2.75, 3.05) is 0 Å². The molecule has 0 bridgehead atoms. The zero-order chi connectivity index (χ0) is 12.5. The molecular formula is C15H10O3. The maximum Gasteiger partial charge on any atom is 0.235 e. The number of fused-ring (bicyclic) bond motifs is 1. The number of phenols is 1. The maximum absolute atomic E-state index is 12.1. The van der Waals surface area contributed by atoms with Crippen LogP contribution in [0.3, 0.4) is 0 Å². The Hall–Kier alpha value is -2.55. The first-order valence-corrected chi connectivity index (χ1v) is 5.57. The van der Waals surface area contributed by atoms with Crippen LogP contribution < -0.4 is 4.74 Å². The summed E-state index contributed by atoms with van der Waals surface area (Å²) in [6.45, 7) is 0. The van der Waals surface area contributed by atoms with Crippen LogP contribution in [0.2, 0.25) is 0 Å². The van der Waals surface area contributed by atoms with Crippen molar-refractivity contribution in [2.24, 2.45) is 0 Å². The molecule has 88 valence electrons. The smallest absolute Gasteiger partial charge is 0.235 e. The normalized spacial score (nSPS) is 15.6. The van der Waals surface area contributed by atoms with E-state index in [2.05, 4.69) is 0 Å². The molecule has 2 aromatic rings. The van der Waals surface area contributed by atoms with Crippen LogP contribution in [-0.4, -0.2) is 10.9 Å². The average molecular weight is 238 g/mol. The lowest BCUT2D eigenvalue weighted by Gasteiger charge is -1.97. The third-order valence-electron chi connectivity index (χ3n) is 2.77. The van der Waals surface area contributed by atoms with E-state index < -0.39 is 0 Å². The van der Waals surface area contributed by atoms with Crippen LogP contribution in [0.25, 0.3) is 6.08 Å². The lowest BCUT2D eigenvalue weighted by molar-refractivity contribution is 0.101. The highest BCUT2D eigenvalue weighted by Crippen LogP contribution is 2.37. The van der Waals surface area contributed by atoms with Crippen LogP contribution in [0.15, 0.2) is 54.3 Å². The van der Waals surface area contributed by atoms with Crippen LogP contribution in [0, 0.1) is 0 Å². The number of ketones is 1. The summed E-state index contributed by atoms with van der Waals surface area (Å²) in [6, 6.07) is 14.2. The minimum atomic E-state index is -0.285. The third kappa shape index (κ3) is 1.66. The van der Waals surface area contributed by atoms with E-state index in [4.69, 9.17) is 4.74 Å². The molecule has 1 aliphatic heterocycles. The van der Waals surface area contributed by atoms with Crippen LogP contribution >= 0.6 is 0 Å². The van der Waals surface area contributed by atoms with E-state index >= 15 is 0 Å². The van der Waals surface area contributed by atoms with Crippen LogP contribution in [0.5, 0.6) is 11.5 Å². The second-order valence-corrected chi connectivity index (χ2v) is 4.00. The van der Waals surface area contributed by atoms with E-state index in [0.717, 1.165) is 5.56 Å². The summed E-state index contributed by atoms with van der Waals surface area (Å²) in [5.41, 5.74) is 1.12. The molecule has 1 N–H and O–H groups in total. The molecule has 0 unspecified atom stereocenters. The van der Waals surface area contributed by atoms with Crippen molar-refractivity contribution >= 4 is 11.9 Å². The number of rotatable bonds is 1. The van der Waals surface area contributed by atoms with Gasteiger partial charge in [-0.3, -0.25) is 4.79 Å². The minimum absolute atomic E-state index is 0.0473. The summed E-state index contributed by atoms with van der Waals surface area (Å²) in [5.74, 6) is 0.306. The van der Waals surface area contributed by atoms with Crippen molar-refractivity contribution in [3.63, 3.8) is 0 Å². The highest BCUT2D eigenvalue weighted by atomic mass is 16.5. The summed E-state index contributed by atoms with van der Waals surface area (Å²) >= 11 is 0. The fourth-order valence-corrected chi connectivity index (χ4v) is 1.92. The second-order valence-electron chi connectivity index (χ2n) is 4.00. The van der Waals surface area contributed by atoms with Gasteiger partial charge in [-0.05, 0) is 23.8 Å². The quantitative estimate of drug-likeness (QED) is 0.777. The van der Waals surface area contributed by atoms with Crippen molar-refractivity contribution in [2.45, 2.75) is 0 Å². The van der Waals surface area contributed by atoms with Gasteiger partial charge in [-0.1, -0.05) is 36.4 Å². The number of allylic oxidation sites excluding steroid dienone is 1. The first kappa shape index (κ1) is 10.6. The Morgan fingerprint density at radius 2 is 1.78 bits per heavy atom. The molecule has 0 spiro atoms. The number of hydrogen-bond acceptors (Lipinski definition) is 3. The van der Waals surface area contributed by atoms with Gasteiger partial charge in [0, 0.05) is 0 Å². The lowest BCUT2D eigenvalue weighted by atomic mass is 10.1. The van der Waals surface area contributed by atoms with Crippen molar-refractivity contribution in [3.8, 4) is 11.5 Å². The maximum atomic E-state index is 12.1. The standard InChI is InChI=1S/C15H10O3/c16-11-7-4-8-12-14(11)15(17)13(18-12)9-10-5-2-1-3-6-10/h1-9,16H/b13-9-. The number of aromatic hydroxyl groups is 1. The second kappa shape index (κ2) is 4.04. The van der Waals surface area contributed by atoms with Crippen LogP contribution in [0.4, 0.5) is 0 Å². The summed E-state index contributed by atoms with van der Waals surface area (Å²) in [7, 11) is 0. The molecule has 0 atom stereocenters. The van der Waals surface area contributed by atoms with Crippen LogP contribution in [-0.2, 0) is 0 Å². The number of carbonyl (C=O) groups is 1. The third-order valence-corrected chi connectivity index (χ3v) is 2.77. The fraction of sp³-hybridized carbons (Fsp3) is 0. The zero-order valence-electron chi connectivity index (χ0n) is 9.46. The van der Waals surface area contributed by atoms with E-state index in [-0.39, 0.29) is 22.9 Å². The van der Waals surface area contributed by atoms with Crippen molar-refractivity contribution in [1.82, 2.24) is 0 Å². The van der Waals surface area contributed by atoms with Gasteiger partial charge in [-0.2, -0.15) is 0 Å². The highest BCUT2D eigenvalue weighted by molar-refractivity contribution is 6.16. The number of ether oxygens (including phenoxy) is 1. The summed E-state index contributed by atoms with van der Waals surface area (Å²) in [4.78, 5) is 12.1. The van der Waals surface area contributed by atoms with Gasteiger partial charge in [-0.25, -0.2) is 0 Å². The molecule has 3 rings (SSSR count). The Balaban J connectivity index is 2.03. The number of phenolic OH excluding ortho intramolecular Hbond substituents is 1. The van der Waals surface area contributed by atoms with Crippen molar-refractivity contribution in [3.05, 3.63) is 65.4 Å². The summed E-state index contributed by atoms with van der Waals surface area (Å²) in [6.07, 6.45) is 1.67. The number of benzene rings is 2. The van der Waals surface area contributed by atoms with E-state index in [0.29, 0.717) is 5.75 Å². The van der Waals surface area contributed by atoms with E-state index in [1.165, 1.54) is 6.07 Å². The Bertz CT molecular complexity index is 642. The zero-order valence-corrected chi connectivity index (χ0v) is 9.46. The first-order valence-electron chi connectivity index (χ1n) is 5.57. The van der Waals surface area contributed by atoms with E-state index in [1.807, 2.05) is 30.3 Å². The van der Waals surface area contributed by atoms with Gasteiger partial charge in [0.1, 0.15) is 17.1 Å². The molecule has 0 aromatic heterocycles. The molecule has 0 amide bonds. The molecule has 18 heavy (non-hydrogen) atoms. The van der Waals surface area contributed by atoms with E-state index in [9.17, 15) is 9.90 Å². The van der Waals surface area contributed by atoms with Crippen molar-refractivity contribution in [1.29, 1.82) is 0 Å². The molecule has 0 fully saturated rings. The summed E-state index contributed by atoms with van der Waals surface area (Å²) < 4.78 is 5.46. The van der Waals surface area contributed by atoms with Gasteiger partial charge in [0.05, 0.1) is 0 Å². The number of Topliss-reactive ketones (excluding diaryl/α,β-unsaturated/α-hetero) is 1. The Morgan fingerprint density at radius 3 is 2.50 bits per heavy atom. The van der Waals surface area contributed by atoms with E-state index in [1.54, 1.807) is 18.2 Å². The first-order chi connectivity index (χ1) is 8.75. The van der Waals surface area contributed by atoms with Gasteiger partial charge in [0.2, 0.25) is 5.78 Å². The van der Waals surface area contributed by atoms with Gasteiger partial charge in [-0.15, -0.1) is 0 Å². The predicted octanol–water partition coefficient (Wildman–Crippen LogP) is 3.01. The molecule has 3 heteroatoms. The Kier molecular flexibility index (Phi) is 2.38. The molecule has 0 saturated carbocycles. The molecule has 3 nitrogen and oxygen atoms in total. The highest BCUT2D eigenvalue weighted by Gasteiger charge is 2.29. The number of carbonyl (C=O) groups excluding carboxylic acids is 1. The predicted molar refractivity (Wildman–Crippen MR) is 67.5 cm³/mol.